The second kappa shape index (κ2) is 6.19. The topological polar surface area (TPSA) is 27.1 Å². The maximum absolute atomic E-state index is 5.06. The number of nitrogens with zero attached hydrogens (tertiary/aromatic N) is 2. The van der Waals surface area contributed by atoms with E-state index in [-0.39, 0.29) is 0 Å². The molecular formula is C12H18N2O. The van der Waals surface area contributed by atoms with Crippen LogP contribution in [0, 0.1) is 0 Å². The van der Waals surface area contributed by atoms with Crippen LogP contribution in [0.15, 0.2) is 30.1 Å². The largest absolute Gasteiger partial charge is 0.364 e. The summed E-state index contributed by atoms with van der Waals surface area (Å²) in [5.74, 6) is 0.921. The van der Waals surface area contributed by atoms with E-state index < -0.39 is 0 Å². The van der Waals surface area contributed by atoms with Gasteiger partial charge in [-0.2, -0.15) is 0 Å². The van der Waals surface area contributed by atoms with E-state index in [0.717, 1.165) is 12.2 Å². The molecule has 0 bridgehead atoms. The maximum Gasteiger partial charge on any atom is 0.134 e. The number of hydrogen-bond donors (Lipinski definition) is 0. The molecule has 0 spiro atoms. The van der Waals surface area contributed by atoms with Gasteiger partial charge in [-0.3, -0.25) is 0 Å². The Morgan fingerprint density at radius 1 is 1.60 bits per heavy atom. The van der Waals surface area contributed by atoms with Gasteiger partial charge in [0.15, 0.2) is 0 Å². The summed E-state index contributed by atoms with van der Waals surface area (Å²) in [5.41, 5.74) is 1.31. The normalized spacial score (nSPS) is 12.6. The molecule has 0 aliphatic heterocycles. The third-order valence-corrected chi connectivity index (χ3v) is 2.24. The van der Waals surface area contributed by atoms with E-state index >= 15 is 0 Å². The number of rotatable bonds is 5. The maximum atomic E-state index is 5.06. The lowest BCUT2D eigenvalue weighted by molar-refractivity contribution is 0.130. The Bertz CT molecular complexity index is 350. The highest BCUT2D eigenvalue weighted by Crippen LogP contribution is 2.06. The van der Waals surface area contributed by atoms with Gasteiger partial charge >= 0.3 is 0 Å². The first-order chi connectivity index (χ1) is 7.31. The molecule has 0 radical (unpaired) electrons. The second-order valence-corrected chi connectivity index (χ2v) is 3.22. The Kier molecular flexibility index (Phi) is 4.84. The molecule has 1 aromatic heterocycles. The second-order valence-electron chi connectivity index (χ2n) is 3.22. The average Bonchev–Trinajstić information content (AvgIpc) is 2.68. The molecule has 0 fully saturated rings. The van der Waals surface area contributed by atoms with Gasteiger partial charge in [0.05, 0.1) is 0 Å². The molecular weight excluding hydrogens is 188 g/mol. The summed E-state index contributed by atoms with van der Waals surface area (Å²) in [6.07, 6.45) is 10.9. The van der Waals surface area contributed by atoms with E-state index in [1.165, 1.54) is 5.57 Å². The van der Waals surface area contributed by atoms with E-state index in [4.69, 9.17) is 4.74 Å². The minimum atomic E-state index is 0.539. The van der Waals surface area contributed by atoms with Crippen molar-refractivity contribution in [3.8, 4) is 0 Å². The van der Waals surface area contributed by atoms with Crippen LogP contribution in [-0.4, -0.2) is 16.7 Å². The fourth-order valence-electron chi connectivity index (χ4n) is 1.33. The Balaban J connectivity index is 2.75. The number of imidazole rings is 1. The Hall–Kier alpha value is -1.35. The lowest BCUT2D eigenvalue weighted by Gasteiger charge is -2.02. The molecule has 0 atom stereocenters. The fraction of sp³-hybridized carbons (Fsp3) is 0.417. The van der Waals surface area contributed by atoms with Gasteiger partial charge in [0.2, 0.25) is 0 Å². The zero-order chi connectivity index (χ0) is 11.1. The first-order valence-corrected chi connectivity index (χ1v) is 5.15. The highest BCUT2D eigenvalue weighted by atomic mass is 16.5. The van der Waals surface area contributed by atoms with E-state index in [9.17, 15) is 0 Å². The van der Waals surface area contributed by atoms with Crippen LogP contribution in [0.25, 0.3) is 6.08 Å². The van der Waals surface area contributed by atoms with Crippen molar-refractivity contribution >= 4 is 6.08 Å². The molecule has 15 heavy (non-hydrogen) atoms. The van der Waals surface area contributed by atoms with Gasteiger partial charge in [0, 0.05) is 19.5 Å². The zero-order valence-corrected chi connectivity index (χ0v) is 9.60. The summed E-state index contributed by atoms with van der Waals surface area (Å²) >= 11 is 0. The Labute approximate surface area is 91.1 Å². The highest BCUT2D eigenvalue weighted by Gasteiger charge is 1.97. The number of hydrogen-bond acceptors (Lipinski definition) is 2. The number of aromatic nitrogens is 2. The van der Waals surface area contributed by atoms with Crippen molar-refractivity contribution < 1.29 is 4.74 Å². The van der Waals surface area contributed by atoms with Crippen molar-refractivity contribution in [1.29, 1.82) is 0 Å². The van der Waals surface area contributed by atoms with Crippen LogP contribution >= 0.6 is 0 Å². The highest BCUT2D eigenvalue weighted by molar-refractivity contribution is 5.46. The Morgan fingerprint density at radius 2 is 2.40 bits per heavy atom. The van der Waals surface area contributed by atoms with Crippen molar-refractivity contribution in [2.75, 3.05) is 7.11 Å². The van der Waals surface area contributed by atoms with Crippen molar-refractivity contribution in [3.63, 3.8) is 0 Å². The number of methoxy groups -OCH3 is 1. The summed E-state index contributed by atoms with van der Waals surface area (Å²) in [5, 5.41) is 0. The quantitative estimate of drug-likeness (QED) is 0.693. The Morgan fingerprint density at radius 3 is 3.00 bits per heavy atom. The standard InChI is InChI=1S/C12H18N2O/c1-4-11(5-2)6-7-12-13-8-9-14(12)10-15-3/h4,6-9H,5,10H2,1-3H3. The van der Waals surface area contributed by atoms with Gasteiger partial charge in [0.1, 0.15) is 12.6 Å². The molecule has 82 valence electrons. The van der Waals surface area contributed by atoms with Crippen LogP contribution in [0.4, 0.5) is 0 Å². The van der Waals surface area contributed by atoms with Crippen LogP contribution < -0.4 is 0 Å². The summed E-state index contributed by atoms with van der Waals surface area (Å²) in [6.45, 7) is 4.73. The van der Waals surface area contributed by atoms with E-state index in [1.54, 1.807) is 13.3 Å². The SMILES string of the molecule is CC=C(C=Cc1nccn1COC)CC. The molecule has 1 aromatic rings. The molecule has 0 aromatic carbocycles. The molecule has 0 aliphatic rings. The first kappa shape index (κ1) is 11.7. The van der Waals surface area contributed by atoms with Gasteiger partial charge in [-0.15, -0.1) is 0 Å². The molecule has 0 saturated heterocycles. The summed E-state index contributed by atoms with van der Waals surface area (Å²) in [4.78, 5) is 4.24. The van der Waals surface area contributed by atoms with Crippen molar-refractivity contribution in [3.05, 3.63) is 35.9 Å². The third kappa shape index (κ3) is 3.36. The van der Waals surface area contributed by atoms with Crippen LogP contribution in [0.5, 0.6) is 0 Å². The predicted molar refractivity (Wildman–Crippen MR) is 62.3 cm³/mol. The lowest BCUT2D eigenvalue weighted by Crippen LogP contribution is -2.00. The van der Waals surface area contributed by atoms with Gasteiger partial charge in [-0.1, -0.05) is 24.6 Å². The monoisotopic (exact) mass is 206 g/mol. The molecule has 3 heteroatoms. The molecule has 0 N–H and O–H groups in total. The molecule has 0 saturated carbocycles. The molecule has 1 rings (SSSR count). The minimum Gasteiger partial charge on any atom is -0.364 e. The molecule has 0 amide bonds. The van der Waals surface area contributed by atoms with E-state index in [2.05, 4.69) is 24.1 Å². The first-order valence-electron chi connectivity index (χ1n) is 5.15. The van der Waals surface area contributed by atoms with Crippen molar-refractivity contribution in [2.24, 2.45) is 0 Å². The molecule has 1 heterocycles. The fourth-order valence-corrected chi connectivity index (χ4v) is 1.33. The van der Waals surface area contributed by atoms with Crippen molar-refractivity contribution in [2.45, 2.75) is 27.0 Å². The predicted octanol–water partition coefficient (Wildman–Crippen LogP) is 2.86. The van der Waals surface area contributed by atoms with E-state index in [0.29, 0.717) is 6.73 Å². The van der Waals surface area contributed by atoms with Gasteiger partial charge in [0.25, 0.3) is 0 Å². The van der Waals surface area contributed by atoms with E-state index in [1.807, 2.05) is 23.8 Å². The van der Waals surface area contributed by atoms with Gasteiger partial charge in [-0.25, -0.2) is 4.98 Å². The van der Waals surface area contributed by atoms with Crippen LogP contribution in [0.3, 0.4) is 0 Å². The minimum absolute atomic E-state index is 0.539. The average molecular weight is 206 g/mol. The number of ether oxygens (including phenoxy) is 1. The summed E-state index contributed by atoms with van der Waals surface area (Å²) < 4.78 is 7.02. The van der Waals surface area contributed by atoms with Crippen LogP contribution in [0.1, 0.15) is 26.1 Å². The smallest absolute Gasteiger partial charge is 0.134 e. The summed E-state index contributed by atoms with van der Waals surface area (Å²) in [7, 11) is 1.68. The van der Waals surface area contributed by atoms with Crippen molar-refractivity contribution in [1.82, 2.24) is 9.55 Å². The zero-order valence-electron chi connectivity index (χ0n) is 9.60. The number of allylic oxidation sites excluding steroid dienone is 3. The van der Waals surface area contributed by atoms with Crippen LogP contribution in [0.2, 0.25) is 0 Å². The van der Waals surface area contributed by atoms with Gasteiger partial charge < -0.3 is 9.30 Å². The molecule has 3 nitrogen and oxygen atoms in total. The summed E-state index contributed by atoms with van der Waals surface area (Å²) in [6, 6.07) is 0. The molecule has 0 aliphatic carbocycles. The van der Waals surface area contributed by atoms with Crippen LogP contribution in [-0.2, 0) is 11.5 Å². The van der Waals surface area contributed by atoms with Gasteiger partial charge in [-0.05, 0) is 19.4 Å². The third-order valence-electron chi connectivity index (χ3n) is 2.24. The lowest BCUT2D eigenvalue weighted by atomic mass is 10.2. The molecule has 0 unspecified atom stereocenters.